The van der Waals surface area contributed by atoms with Gasteiger partial charge in [-0.25, -0.2) is 0 Å². The normalized spacial score (nSPS) is 16.9. The van der Waals surface area contributed by atoms with Crippen LogP contribution < -0.4 is 0 Å². The van der Waals surface area contributed by atoms with Gasteiger partial charge in [-0.15, -0.1) is 0 Å². The van der Waals surface area contributed by atoms with Crippen molar-refractivity contribution < 1.29 is 6.85 Å². The summed E-state index contributed by atoms with van der Waals surface area (Å²) in [4.78, 5) is 4.40. The van der Waals surface area contributed by atoms with Crippen LogP contribution in [-0.2, 0) is 6.37 Å². The molecule has 0 saturated carbocycles. The second-order valence-electron chi connectivity index (χ2n) is 5.84. The van der Waals surface area contributed by atoms with Crippen LogP contribution in [0.3, 0.4) is 0 Å². The molecule has 0 amide bonds. The lowest BCUT2D eigenvalue weighted by molar-refractivity contribution is 0.410. The number of nitrogens with zero attached hydrogens (tertiary/aromatic N) is 1. The molecule has 100 valence electrons. The first-order chi connectivity index (χ1) is 10.8. The fraction of sp³-hybridized carbons (Fsp3) is 0.389. The molecule has 0 radical (unpaired) electrons. The Bertz CT molecular complexity index is 725. The van der Waals surface area contributed by atoms with Crippen molar-refractivity contribution in [1.29, 1.82) is 0 Å². The molecule has 0 aliphatic heterocycles. The Morgan fingerprint density at radius 3 is 2.42 bits per heavy atom. The van der Waals surface area contributed by atoms with Gasteiger partial charge in [0.1, 0.15) is 0 Å². The third-order valence-corrected chi connectivity index (χ3v) is 2.80. The van der Waals surface area contributed by atoms with Crippen molar-refractivity contribution in [1.82, 2.24) is 4.98 Å². The number of hydrogen-bond donors (Lipinski definition) is 0. The fourth-order valence-electron chi connectivity index (χ4n) is 1.89. The van der Waals surface area contributed by atoms with Gasteiger partial charge >= 0.3 is 0 Å². The Morgan fingerprint density at radius 1 is 1.21 bits per heavy atom. The van der Waals surface area contributed by atoms with Crippen molar-refractivity contribution >= 4 is 0 Å². The van der Waals surface area contributed by atoms with E-state index in [0.717, 1.165) is 11.1 Å². The maximum absolute atomic E-state index is 8.40. The molecule has 0 aliphatic carbocycles. The predicted octanol–water partition coefficient (Wildman–Crippen LogP) is 4.95. The monoisotopic (exact) mass is 258 g/mol. The van der Waals surface area contributed by atoms with E-state index < -0.39 is 18.6 Å². The van der Waals surface area contributed by atoms with Gasteiger partial charge < -0.3 is 0 Å². The Morgan fingerprint density at radius 2 is 1.89 bits per heavy atom. The van der Waals surface area contributed by atoms with Crippen LogP contribution in [0.1, 0.15) is 44.3 Å². The molecule has 0 aliphatic rings. The molecule has 0 N–H and O–H groups in total. The number of aryl methyl sites for hydroxylation is 2. The third kappa shape index (κ3) is 3.66. The molecule has 0 saturated heterocycles. The van der Waals surface area contributed by atoms with Crippen molar-refractivity contribution in [2.45, 2.75) is 40.9 Å². The maximum atomic E-state index is 8.40. The van der Waals surface area contributed by atoms with Crippen molar-refractivity contribution in [3.05, 3.63) is 53.2 Å². The summed E-state index contributed by atoms with van der Waals surface area (Å²) in [7, 11) is 0. The topological polar surface area (TPSA) is 12.9 Å². The van der Waals surface area contributed by atoms with Gasteiger partial charge in [0.15, 0.2) is 0 Å². The average Bonchev–Trinajstić information content (AvgIpc) is 2.45. The van der Waals surface area contributed by atoms with Crippen LogP contribution in [-0.4, -0.2) is 4.98 Å². The molecule has 1 nitrogen and oxygen atoms in total. The molecule has 0 fully saturated rings. The largest absolute Gasteiger partial charge is 0.256 e. The van der Waals surface area contributed by atoms with Gasteiger partial charge in [0.05, 0.1) is 5.69 Å². The highest BCUT2D eigenvalue weighted by molar-refractivity contribution is 5.60. The highest BCUT2D eigenvalue weighted by Gasteiger charge is 2.13. The fourth-order valence-corrected chi connectivity index (χ4v) is 1.89. The van der Waals surface area contributed by atoms with Crippen molar-refractivity contribution in [3.63, 3.8) is 0 Å². The van der Waals surface area contributed by atoms with Gasteiger partial charge in [-0.3, -0.25) is 4.98 Å². The second-order valence-corrected chi connectivity index (χ2v) is 5.84. The highest BCUT2D eigenvalue weighted by Crippen LogP contribution is 2.25. The van der Waals surface area contributed by atoms with Gasteiger partial charge in [0, 0.05) is 18.6 Å². The van der Waals surface area contributed by atoms with E-state index in [-0.39, 0.29) is 0 Å². The van der Waals surface area contributed by atoms with Crippen molar-refractivity contribution in [3.8, 4) is 11.3 Å². The molecular weight excluding hydrogens is 230 g/mol. The van der Waals surface area contributed by atoms with Crippen LogP contribution in [0.15, 0.2) is 36.5 Å². The van der Waals surface area contributed by atoms with Crippen LogP contribution in [0.4, 0.5) is 0 Å². The van der Waals surface area contributed by atoms with Crippen LogP contribution in [0.2, 0.25) is 0 Å². The SMILES string of the molecule is [2H]C([2H])([2H])c1ccc(-c2cc(C)c(C([2H])([2H])C(C)(C)C)cn2)cc1. The third-order valence-electron chi connectivity index (χ3n) is 2.80. The van der Waals surface area contributed by atoms with Crippen molar-refractivity contribution in [2.24, 2.45) is 5.41 Å². The van der Waals surface area contributed by atoms with Crippen LogP contribution in [0.25, 0.3) is 11.3 Å². The molecule has 19 heavy (non-hydrogen) atoms. The van der Waals surface area contributed by atoms with E-state index in [9.17, 15) is 0 Å². The summed E-state index contributed by atoms with van der Waals surface area (Å²) in [5, 5.41) is 0. The first kappa shape index (κ1) is 8.52. The zero-order valence-corrected chi connectivity index (χ0v) is 11.9. The smallest absolute Gasteiger partial charge is 0.0704 e. The van der Waals surface area contributed by atoms with E-state index in [1.54, 1.807) is 30.5 Å². The summed E-state index contributed by atoms with van der Waals surface area (Å²) in [5.41, 5.74) is 2.69. The van der Waals surface area contributed by atoms with E-state index in [4.69, 9.17) is 6.85 Å². The van der Waals surface area contributed by atoms with Gasteiger partial charge in [-0.1, -0.05) is 50.6 Å². The van der Waals surface area contributed by atoms with Gasteiger partial charge in [0.2, 0.25) is 0 Å². The minimum atomic E-state index is -2.12. The van der Waals surface area contributed by atoms with E-state index in [1.807, 2.05) is 33.8 Å². The minimum Gasteiger partial charge on any atom is -0.256 e. The van der Waals surface area contributed by atoms with Gasteiger partial charge in [-0.05, 0) is 42.8 Å². The van der Waals surface area contributed by atoms with E-state index >= 15 is 0 Å². The summed E-state index contributed by atoms with van der Waals surface area (Å²) >= 11 is 0. The number of rotatable bonds is 2. The molecule has 0 spiro atoms. The molecule has 1 aromatic heterocycles. The summed E-state index contributed by atoms with van der Waals surface area (Å²) in [6.45, 7) is 5.37. The van der Waals surface area contributed by atoms with Crippen molar-refractivity contribution in [2.75, 3.05) is 0 Å². The Hall–Kier alpha value is -1.63. The lowest BCUT2D eigenvalue weighted by Crippen LogP contribution is -2.10. The summed E-state index contributed by atoms with van der Waals surface area (Å²) in [6, 6.07) is 8.50. The first-order valence-corrected chi connectivity index (χ1v) is 6.42. The molecule has 1 heterocycles. The Labute approximate surface area is 123 Å². The lowest BCUT2D eigenvalue weighted by Gasteiger charge is -2.19. The number of benzene rings is 1. The summed E-state index contributed by atoms with van der Waals surface area (Å²) in [6.07, 6.45) is 0.0985. The zero-order valence-electron chi connectivity index (χ0n) is 16.9. The zero-order chi connectivity index (χ0) is 18.3. The molecule has 0 atom stereocenters. The van der Waals surface area contributed by atoms with E-state index in [0.29, 0.717) is 16.8 Å². The Balaban J connectivity index is 2.40. The van der Waals surface area contributed by atoms with E-state index in [2.05, 4.69) is 4.98 Å². The first-order valence-electron chi connectivity index (χ1n) is 8.92. The van der Waals surface area contributed by atoms with E-state index in [1.165, 1.54) is 0 Å². The minimum absolute atomic E-state index is 0.295. The molecular formula is C18H23N. The predicted molar refractivity (Wildman–Crippen MR) is 82.3 cm³/mol. The molecule has 1 heteroatoms. The second kappa shape index (κ2) is 5.16. The maximum Gasteiger partial charge on any atom is 0.0704 e. The molecule has 2 aromatic rings. The van der Waals surface area contributed by atoms with Crippen LogP contribution >= 0.6 is 0 Å². The Kier molecular flexibility index (Phi) is 2.32. The average molecular weight is 258 g/mol. The number of aromatic nitrogens is 1. The van der Waals surface area contributed by atoms with Crippen LogP contribution in [0.5, 0.6) is 0 Å². The standard InChI is InChI=1S/C18H23N/c1-13-6-8-15(9-7-13)17-10-14(2)16(12-19-17)11-18(3,4)5/h6-10,12H,11H2,1-5H3/i1D3,11D2. The molecule has 2 rings (SSSR count). The molecule has 0 unspecified atom stereocenters. The summed E-state index contributed by atoms with van der Waals surface area (Å²) in [5.74, 6) is 0. The van der Waals surface area contributed by atoms with Gasteiger partial charge in [-0.2, -0.15) is 0 Å². The summed E-state index contributed by atoms with van der Waals surface area (Å²) < 4.78 is 39.0. The van der Waals surface area contributed by atoms with Crippen LogP contribution in [0, 0.1) is 19.2 Å². The highest BCUT2D eigenvalue weighted by atomic mass is 14.7. The molecule has 1 aromatic carbocycles. The number of hydrogen-bond acceptors (Lipinski definition) is 1. The number of pyridine rings is 1. The van der Waals surface area contributed by atoms with Gasteiger partial charge in [0.25, 0.3) is 0 Å². The lowest BCUT2D eigenvalue weighted by atomic mass is 9.87. The molecule has 0 bridgehead atoms. The quantitative estimate of drug-likeness (QED) is 0.742.